The number of piperazine rings is 1. The minimum atomic E-state index is 0. The molecule has 2 atom stereocenters. The first kappa shape index (κ1) is 14.5. The van der Waals surface area contributed by atoms with E-state index in [1.807, 2.05) is 4.90 Å². The molecule has 1 aliphatic heterocycles. The number of rotatable bonds is 1. The van der Waals surface area contributed by atoms with Gasteiger partial charge in [0.25, 0.3) is 5.91 Å². The largest absolute Gasteiger partial charge is 0.457 e. The summed E-state index contributed by atoms with van der Waals surface area (Å²) in [5.41, 5.74) is 0.604. The number of carbonyl (C=O) groups is 1. The monoisotopic (exact) mass is 322 g/mol. The van der Waals surface area contributed by atoms with Crippen LogP contribution in [0.3, 0.4) is 0 Å². The lowest BCUT2D eigenvalue weighted by atomic mass is 10.1. The van der Waals surface area contributed by atoms with E-state index in [1.165, 1.54) is 6.26 Å². The van der Waals surface area contributed by atoms with E-state index < -0.39 is 0 Å². The van der Waals surface area contributed by atoms with Crippen molar-refractivity contribution in [1.82, 2.24) is 10.2 Å². The molecule has 2 heterocycles. The van der Waals surface area contributed by atoms with Crippen molar-refractivity contribution in [2.45, 2.75) is 25.9 Å². The van der Waals surface area contributed by atoms with E-state index in [4.69, 9.17) is 4.42 Å². The molecule has 1 fully saturated rings. The summed E-state index contributed by atoms with van der Waals surface area (Å²) in [6.07, 6.45) is 1.49. The molecule has 2 rings (SSSR count). The smallest absolute Gasteiger partial charge is 0.257 e. The van der Waals surface area contributed by atoms with E-state index in [0.717, 1.165) is 13.1 Å². The van der Waals surface area contributed by atoms with E-state index in [-0.39, 0.29) is 24.4 Å². The van der Waals surface area contributed by atoms with Gasteiger partial charge in [0.2, 0.25) is 0 Å². The zero-order valence-electron chi connectivity index (χ0n) is 9.77. The highest BCUT2D eigenvalue weighted by molar-refractivity contribution is 9.10. The van der Waals surface area contributed by atoms with Crippen molar-refractivity contribution in [3.63, 3.8) is 0 Å². The Labute approximate surface area is 115 Å². The van der Waals surface area contributed by atoms with Gasteiger partial charge in [-0.05, 0) is 29.8 Å². The zero-order chi connectivity index (χ0) is 11.7. The third kappa shape index (κ3) is 3.03. The highest BCUT2D eigenvalue weighted by Crippen LogP contribution is 2.18. The van der Waals surface area contributed by atoms with Crippen molar-refractivity contribution < 1.29 is 9.21 Å². The fourth-order valence-electron chi connectivity index (χ4n) is 1.93. The Bertz CT molecular complexity index is 397. The molecule has 0 saturated carbocycles. The van der Waals surface area contributed by atoms with E-state index >= 15 is 0 Å². The minimum Gasteiger partial charge on any atom is -0.457 e. The highest BCUT2D eigenvalue weighted by Gasteiger charge is 2.29. The third-order valence-electron chi connectivity index (χ3n) is 3.11. The second kappa shape index (κ2) is 5.89. The van der Waals surface area contributed by atoms with Gasteiger partial charge in [0, 0.05) is 31.2 Å². The predicted octanol–water partition coefficient (Wildman–Crippen LogP) is 2.29. The Balaban J connectivity index is 0.00000144. The average molecular weight is 324 g/mol. The second-order valence-electron chi connectivity index (χ2n) is 4.12. The van der Waals surface area contributed by atoms with E-state index in [1.54, 1.807) is 6.07 Å². The molecule has 17 heavy (non-hydrogen) atoms. The highest BCUT2D eigenvalue weighted by atomic mass is 79.9. The Morgan fingerprint density at radius 3 is 2.88 bits per heavy atom. The lowest BCUT2D eigenvalue weighted by Crippen LogP contribution is -2.57. The van der Waals surface area contributed by atoms with Crippen LogP contribution >= 0.6 is 28.3 Å². The van der Waals surface area contributed by atoms with Gasteiger partial charge >= 0.3 is 0 Å². The van der Waals surface area contributed by atoms with Gasteiger partial charge < -0.3 is 14.6 Å². The maximum absolute atomic E-state index is 12.2. The van der Waals surface area contributed by atoms with Crippen molar-refractivity contribution in [1.29, 1.82) is 0 Å². The molecule has 1 aromatic heterocycles. The summed E-state index contributed by atoms with van der Waals surface area (Å²) in [6, 6.07) is 2.24. The summed E-state index contributed by atoms with van der Waals surface area (Å²) in [4.78, 5) is 14.1. The SMILES string of the molecule is CC1NCCN(C(=O)c2coc(Br)c2)C1C.Cl. The molecular weight excluding hydrogens is 307 g/mol. The van der Waals surface area contributed by atoms with Gasteiger partial charge in [0.1, 0.15) is 6.26 Å². The number of nitrogens with one attached hydrogen (secondary N) is 1. The van der Waals surface area contributed by atoms with Crippen molar-refractivity contribution in [3.05, 3.63) is 22.6 Å². The van der Waals surface area contributed by atoms with Crippen molar-refractivity contribution >= 4 is 34.2 Å². The van der Waals surface area contributed by atoms with Gasteiger partial charge in [-0.2, -0.15) is 0 Å². The van der Waals surface area contributed by atoms with Crippen LogP contribution in [0.15, 0.2) is 21.4 Å². The average Bonchev–Trinajstić information content (AvgIpc) is 2.68. The molecule has 1 aliphatic rings. The molecule has 6 heteroatoms. The number of nitrogens with zero attached hydrogens (tertiary/aromatic N) is 1. The molecule has 1 amide bonds. The van der Waals surface area contributed by atoms with E-state index in [2.05, 4.69) is 35.1 Å². The Morgan fingerprint density at radius 1 is 1.59 bits per heavy atom. The first-order valence-corrected chi connectivity index (χ1v) is 6.17. The molecule has 1 saturated heterocycles. The normalized spacial score (nSPS) is 24.3. The number of hydrogen-bond donors (Lipinski definition) is 1. The van der Waals surface area contributed by atoms with Gasteiger partial charge in [-0.25, -0.2) is 0 Å². The summed E-state index contributed by atoms with van der Waals surface area (Å²) in [5, 5.41) is 3.35. The molecule has 0 aliphatic carbocycles. The van der Waals surface area contributed by atoms with E-state index in [0.29, 0.717) is 16.3 Å². The molecule has 0 aromatic carbocycles. The molecule has 1 N–H and O–H groups in total. The van der Waals surface area contributed by atoms with Crippen LogP contribution in [0, 0.1) is 0 Å². The van der Waals surface area contributed by atoms with E-state index in [9.17, 15) is 4.79 Å². The summed E-state index contributed by atoms with van der Waals surface area (Å²) in [7, 11) is 0. The topological polar surface area (TPSA) is 45.5 Å². The number of halogens is 2. The summed E-state index contributed by atoms with van der Waals surface area (Å²) in [6.45, 7) is 5.74. The standard InChI is InChI=1S/C11H15BrN2O2.ClH/c1-7-8(2)14(4-3-13-7)11(15)9-5-10(12)16-6-9;/h5-8,13H,3-4H2,1-2H3;1H. The van der Waals surface area contributed by atoms with Crippen molar-refractivity contribution in [2.75, 3.05) is 13.1 Å². The van der Waals surface area contributed by atoms with Gasteiger partial charge in [0.15, 0.2) is 4.67 Å². The van der Waals surface area contributed by atoms with Crippen molar-refractivity contribution in [3.8, 4) is 0 Å². The number of hydrogen-bond acceptors (Lipinski definition) is 3. The fraction of sp³-hybridized carbons (Fsp3) is 0.545. The maximum Gasteiger partial charge on any atom is 0.257 e. The molecule has 0 radical (unpaired) electrons. The van der Waals surface area contributed by atoms with Crippen molar-refractivity contribution in [2.24, 2.45) is 0 Å². The lowest BCUT2D eigenvalue weighted by Gasteiger charge is -2.38. The Hall–Kier alpha value is -0.520. The molecule has 0 spiro atoms. The van der Waals surface area contributed by atoms with Gasteiger partial charge in [-0.3, -0.25) is 4.79 Å². The van der Waals surface area contributed by atoms with Crippen LogP contribution in [0.2, 0.25) is 0 Å². The van der Waals surface area contributed by atoms with Gasteiger partial charge in [-0.1, -0.05) is 0 Å². The van der Waals surface area contributed by atoms with Gasteiger partial charge in [0.05, 0.1) is 5.56 Å². The molecule has 1 aromatic rings. The molecule has 0 bridgehead atoms. The van der Waals surface area contributed by atoms with Crippen LogP contribution < -0.4 is 5.32 Å². The summed E-state index contributed by atoms with van der Waals surface area (Å²) in [5.74, 6) is 0.0373. The maximum atomic E-state index is 12.2. The lowest BCUT2D eigenvalue weighted by molar-refractivity contribution is 0.0602. The molecule has 96 valence electrons. The Morgan fingerprint density at radius 2 is 2.29 bits per heavy atom. The number of furan rings is 1. The number of carbonyl (C=O) groups excluding carboxylic acids is 1. The fourth-order valence-corrected chi connectivity index (χ4v) is 2.27. The van der Waals surface area contributed by atoms with Gasteiger partial charge in [-0.15, -0.1) is 12.4 Å². The molecule has 4 nitrogen and oxygen atoms in total. The first-order valence-electron chi connectivity index (χ1n) is 5.38. The predicted molar refractivity (Wildman–Crippen MR) is 71.6 cm³/mol. The summed E-state index contributed by atoms with van der Waals surface area (Å²) < 4.78 is 5.68. The van der Waals surface area contributed by atoms with Crippen LogP contribution in [-0.4, -0.2) is 36.0 Å². The van der Waals surface area contributed by atoms with Crippen LogP contribution in [-0.2, 0) is 0 Å². The summed E-state index contributed by atoms with van der Waals surface area (Å²) >= 11 is 3.20. The van der Waals surface area contributed by atoms with Crippen LogP contribution in [0.25, 0.3) is 0 Å². The van der Waals surface area contributed by atoms with Crippen LogP contribution in [0.1, 0.15) is 24.2 Å². The van der Waals surface area contributed by atoms with Crippen LogP contribution in [0.5, 0.6) is 0 Å². The molecular formula is C11H16BrClN2O2. The minimum absolute atomic E-state index is 0. The quantitative estimate of drug-likeness (QED) is 0.862. The third-order valence-corrected chi connectivity index (χ3v) is 3.53. The second-order valence-corrected chi connectivity index (χ2v) is 4.90. The molecule has 2 unspecified atom stereocenters. The zero-order valence-corrected chi connectivity index (χ0v) is 12.2. The Kier molecular flexibility index (Phi) is 5.04. The number of amides is 1. The van der Waals surface area contributed by atoms with Crippen LogP contribution in [0.4, 0.5) is 0 Å². The first-order chi connectivity index (χ1) is 7.59.